The Kier molecular flexibility index (Phi) is 29.6. The molecule has 0 radical (unpaired) electrons. The first-order valence-electron chi connectivity index (χ1n) is 38.4. The molecule has 1 N–H and O–H groups in total. The molecule has 2 saturated heterocycles. The lowest BCUT2D eigenvalue weighted by Crippen LogP contribution is -2.70. The van der Waals surface area contributed by atoms with E-state index in [1.807, 2.05) is 334 Å². The fraction of sp³-hybridized carbons (Fsp3) is 0.305. The number of aliphatic hydroxyl groups is 1. The smallest absolute Gasteiger partial charge is 0.187 e. The Balaban J connectivity index is 0.913. The van der Waals surface area contributed by atoms with Gasteiger partial charge in [-0.25, -0.2) is 0 Å². The average Bonchev–Trinajstić information content (AvgIpc) is 0.750. The zero-order chi connectivity index (χ0) is 75.3. The summed E-state index contributed by atoms with van der Waals surface area (Å²) in [6, 6.07) is 110. The standard InChI is InChI=1S/C95H98O16/c96-82-85(110-94-92(106-65-78-52-30-10-31-53-78)87(101-60-73-42-20-5-21-43-73)83(99-58-71-38-16-3-17-39-71)80(108-94)67-97-56-69-34-12-1-13-35-69)89(103-62-75-46-24-7-25-47-75)91(105-64-77-50-28-9-29-51-77)90(104-63-76-48-26-8-27-49-76)86(82)111-95-93(107-66-79-54-32-11-33-55-79)88(102-61-74-44-22-6-23-45-74)84(100-59-72-40-18-4-19-41-72)81(109-95)68-98-57-70-36-14-2-15-37-70/h1-55,80-96H,56-68H2/t80?,81?,82?,83-,84-,85?,86?,87+,88?,89?,90-,91?,92?,93-,94+,95-/m1/s1. The molecule has 1 saturated carbocycles. The van der Waals surface area contributed by atoms with Gasteiger partial charge in [-0.3, -0.25) is 0 Å². The van der Waals surface area contributed by atoms with Gasteiger partial charge in [-0.1, -0.05) is 334 Å². The Morgan fingerprint density at radius 3 is 0.559 bits per heavy atom. The zero-order valence-electron chi connectivity index (χ0n) is 62.3. The zero-order valence-corrected chi connectivity index (χ0v) is 62.3. The Bertz CT molecular complexity index is 4090. The van der Waals surface area contributed by atoms with Crippen molar-refractivity contribution in [1.82, 2.24) is 0 Å². The molecule has 16 heteroatoms. The van der Waals surface area contributed by atoms with Crippen molar-refractivity contribution in [2.45, 2.75) is 171 Å². The topological polar surface area (TPSA) is 159 Å². The van der Waals surface area contributed by atoms with Gasteiger partial charge in [0.1, 0.15) is 85.5 Å². The molecule has 9 unspecified atom stereocenters. The molecule has 574 valence electrons. The first-order valence-corrected chi connectivity index (χ1v) is 38.4. The van der Waals surface area contributed by atoms with E-state index in [9.17, 15) is 5.11 Å². The SMILES string of the molecule is OC1C(O[C@@H]2OC(COCc3ccccc3)[C@@H](OCc3ccccc3)[C@H](OCc3ccccc3)C2OCc2ccccc2)C(OCc2ccccc2)C(OCc2ccccc2)[C@H](OCc2ccccc2)C1O[C@H]1OC(COCc2ccccc2)[C@@H](OCc2ccccc2)C(OCc2ccccc2)[C@H]1OCc1ccccc1. The number of ether oxygens (including phenoxy) is 15. The van der Waals surface area contributed by atoms with E-state index in [1.54, 1.807) is 0 Å². The summed E-state index contributed by atoms with van der Waals surface area (Å²) in [5, 5.41) is 14.5. The van der Waals surface area contributed by atoms with Gasteiger partial charge in [0, 0.05) is 0 Å². The fourth-order valence-corrected chi connectivity index (χ4v) is 14.3. The fourth-order valence-electron chi connectivity index (χ4n) is 14.3. The molecule has 14 rings (SSSR count). The van der Waals surface area contributed by atoms with E-state index in [0.717, 1.165) is 61.2 Å². The van der Waals surface area contributed by atoms with Crippen LogP contribution in [-0.2, 0) is 144 Å². The minimum atomic E-state index is -1.67. The van der Waals surface area contributed by atoms with Crippen LogP contribution in [0.1, 0.15) is 61.2 Å². The quantitative estimate of drug-likeness (QED) is 0.0387. The van der Waals surface area contributed by atoms with Crippen molar-refractivity contribution >= 4 is 0 Å². The third-order valence-electron chi connectivity index (χ3n) is 20.1. The van der Waals surface area contributed by atoms with Crippen molar-refractivity contribution in [1.29, 1.82) is 0 Å². The maximum absolute atomic E-state index is 14.5. The van der Waals surface area contributed by atoms with Crippen LogP contribution in [0.15, 0.2) is 334 Å². The molecule has 0 bridgehead atoms. The lowest BCUT2D eigenvalue weighted by atomic mass is 9.83. The Morgan fingerprint density at radius 2 is 0.351 bits per heavy atom. The van der Waals surface area contributed by atoms with Crippen LogP contribution < -0.4 is 0 Å². The van der Waals surface area contributed by atoms with E-state index < -0.39 is 98.0 Å². The number of hydrogen-bond acceptors (Lipinski definition) is 16. The van der Waals surface area contributed by atoms with Gasteiger partial charge in [-0.05, 0) is 61.2 Å². The van der Waals surface area contributed by atoms with Gasteiger partial charge in [-0.2, -0.15) is 0 Å². The van der Waals surface area contributed by atoms with Crippen LogP contribution >= 0.6 is 0 Å². The number of hydrogen-bond donors (Lipinski definition) is 1. The highest BCUT2D eigenvalue weighted by Crippen LogP contribution is 2.41. The van der Waals surface area contributed by atoms with Crippen molar-refractivity contribution in [3.8, 4) is 0 Å². The summed E-state index contributed by atoms with van der Waals surface area (Å²) in [5.74, 6) is 0. The molecule has 0 amide bonds. The summed E-state index contributed by atoms with van der Waals surface area (Å²) in [7, 11) is 0. The van der Waals surface area contributed by atoms with Crippen LogP contribution in [0.4, 0.5) is 0 Å². The van der Waals surface area contributed by atoms with E-state index in [-0.39, 0.29) is 85.9 Å². The molecule has 2 heterocycles. The minimum Gasteiger partial charge on any atom is -0.387 e. The van der Waals surface area contributed by atoms with E-state index >= 15 is 0 Å². The van der Waals surface area contributed by atoms with Gasteiger partial charge in [0.05, 0.1) is 85.9 Å². The van der Waals surface area contributed by atoms with E-state index in [4.69, 9.17) is 71.1 Å². The summed E-state index contributed by atoms with van der Waals surface area (Å²) in [4.78, 5) is 0. The van der Waals surface area contributed by atoms with Gasteiger partial charge in [0.2, 0.25) is 0 Å². The summed E-state index contributed by atoms with van der Waals surface area (Å²) in [6.07, 6.45) is -18.1. The van der Waals surface area contributed by atoms with Crippen LogP contribution in [0.5, 0.6) is 0 Å². The third-order valence-corrected chi connectivity index (χ3v) is 20.1. The first-order chi connectivity index (χ1) is 55.0. The second-order valence-electron chi connectivity index (χ2n) is 28.1. The Morgan fingerprint density at radius 1 is 0.189 bits per heavy atom. The van der Waals surface area contributed by atoms with Crippen LogP contribution in [0.25, 0.3) is 0 Å². The van der Waals surface area contributed by atoms with Crippen molar-refractivity contribution < 1.29 is 76.2 Å². The molecule has 0 aromatic heterocycles. The van der Waals surface area contributed by atoms with Crippen molar-refractivity contribution in [3.63, 3.8) is 0 Å². The monoisotopic (exact) mass is 1490 g/mol. The molecule has 16 atom stereocenters. The predicted molar refractivity (Wildman–Crippen MR) is 420 cm³/mol. The van der Waals surface area contributed by atoms with E-state index in [1.165, 1.54) is 0 Å². The molecular weight excluding hydrogens is 1400 g/mol. The summed E-state index contributed by atoms with van der Waals surface area (Å²) in [5.41, 5.74) is 10.00. The highest BCUT2D eigenvalue weighted by Gasteiger charge is 2.60. The molecule has 3 aliphatic rings. The lowest BCUT2D eigenvalue weighted by Gasteiger charge is -2.53. The van der Waals surface area contributed by atoms with Crippen molar-refractivity contribution in [2.75, 3.05) is 13.2 Å². The second kappa shape index (κ2) is 41.9. The van der Waals surface area contributed by atoms with Crippen molar-refractivity contribution in [2.24, 2.45) is 0 Å². The van der Waals surface area contributed by atoms with Gasteiger partial charge < -0.3 is 76.2 Å². The Hall–Kier alpha value is -9.22. The van der Waals surface area contributed by atoms with Crippen molar-refractivity contribution in [3.05, 3.63) is 395 Å². The van der Waals surface area contributed by atoms with Crippen LogP contribution in [-0.4, -0.2) is 116 Å². The van der Waals surface area contributed by atoms with Gasteiger partial charge >= 0.3 is 0 Å². The predicted octanol–water partition coefficient (Wildman–Crippen LogP) is 16.3. The number of benzene rings is 11. The van der Waals surface area contributed by atoms with Gasteiger partial charge in [-0.15, -0.1) is 0 Å². The number of rotatable bonds is 39. The summed E-state index contributed by atoms with van der Waals surface area (Å²) < 4.78 is 110. The van der Waals surface area contributed by atoms with E-state index in [2.05, 4.69) is 0 Å². The van der Waals surface area contributed by atoms with Crippen LogP contribution in [0, 0.1) is 0 Å². The molecule has 1 aliphatic carbocycles. The van der Waals surface area contributed by atoms with Crippen LogP contribution in [0.2, 0.25) is 0 Å². The molecule has 3 fully saturated rings. The van der Waals surface area contributed by atoms with Gasteiger partial charge in [0.15, 0.2) is 12.6 Å². The Labute approximate surface area is 651 Å². The summed E-state index contributed by atoms with van der Waals surface area (Å²) in [6.45, 7) is 1.71. The third kappa shape index (κ3) is 22.8. The molecule has 11 aromatic rings. The molecule has 2 aliphatic heterocycles. The molecule has 16 nitrogen and oxygen atoms in total. The maximum Gasteiger partial charge on any atom is 0.187 e. The second-order valence-corrected chi connectivity index (χ2v) is 28.1. The lowest BCUT2D eigenvalue weighted by molar-refractivity contribution is -0.381. The molecule has 111 heavy (non-hydrogen) atoms. The average molecular weight is 1500 g/mol. The molecule has 0 spiro atoms. The highest BCUT2D eigenvalue weighted by molar-refractivity contribution is 5.23. The van der Waals surface area contributed by atoms with E-state index in [0.29, 0.717) is 0 Å². The van der Waals surface area contributed by atoms with Crippen LogP contribution in [0.3, 0.4) is 0 Å². The normalized spacial score (nSPS) is 24.6. The first kappa shape index (κ1) is 78.5. The molecular formula is C95H98O16. The maximum atomic E-state index is 14.5. The largest absolute Gasteiger partial charge is 0.387 e. The van der Waals surface area contributed by atoms with Gasteiger partial charge in [0.25, 0.3) is 0 Å². The summed E-state index contributed by atoms with van der Waals surface area (Å²) >= 11 is 0. The molecule has 11 aromatic carbocycles. The number of aliphatic hydroxyl groups excluding tert-OH is 1. The minimum absolute atomic E-state index is 0.0269. The highest BCUT2D eigenvalue weighted by atomic mass is 16.8.